The molecule has 7 N–H and O–H groups in total. The summed E-state index contributed by atoms with van der Waals surface area (Å²) in [6.45, 7) is 4.98. The highest BCUT2D eigenvalue weighted by Gasteiger charge is 2.29. The molecule has 0 saturated carbocycles. The number of aromatic hydroxyl groups is 1. The summed E-state index contributed by atoms with van der Waals surface area (Å²) < 4.78 is 0. The van der Waals surface area contributed by atoms with Crippen molar-refractivity contribution >= 4 is 23.7 Å². The second kappa shape index (κ2) is 13.2. The van der Waals surface area contributed by atoms with Gasteiger partial charge in [-0.15, -0.1) is 0 Å². The van der Waals surface area contributed by atoms with E-state index in [-0.39, 0.29) is 24.5 Å². The minimum Gasteiger partial charge on any atom is -0.508 e. The van der Waals surface area contributed by atoms with Crippen molar-refractivity contribution in [1.29, 1.82) is 0 Å². The van der Waals surface area contributed by atoms with Crippen molar-refractivity contribution in [1.82, 2.24) is 16.0 Å². The Morgan fingerprint density at radius 2 is 1.28 bits per heavy atom. The molecular formula is C26H34N4O6. The van der Waals surface area contributed by atoms with E-state index in [1.165, 1.54) is 19.1 Å². The Labute approximate surface area is 210 Å². The van der Waals surface area contributed by atoms with Crippen LogP contribution >= 0.6 is 0 Å². The monoisotopic (exact) mass is 498 g/mol. The van der Waals surface area contributed by atoms with Crippen LogP contribution < -0.4 is 21.7 Å². The van der Waals surface area contributed by atoms with Gasteiger partial charge in [-0.2, -0.15) is 0 Å². The fourth-order valence-electron chi connectivity index (χ4n) is 3.37. The molecule has 0 aliphatic heterocycles. The van der Waals surface area contributed by atoms with Crippen molar-refractivity contribution in [2.75, 3.05) is 0 Å². The molecule has 0 heterocycles. The predicted molar refractivity (Wildman–Crippen MR) is 134 cm³/mol. The fraction of sp³-hybridized carbons (Fsp3) is 0.385. The van der Waals surface area contributed by atoms with Crippen LogP contribution in [0, 0.1) is 5.92 Å². The van der Waals surface area contributed by atoms with Crippen LogP contribution in [-0.4, -0.2) is 58.1 Å². The number of nitrogens with one attached hydrogen (secondary N) is 3. The highest BCUT2D eigenvalue weighted by atomic mass is 16.4. The Morgan fingerprint density at radius 1 is 0.750 bits per heavy atom. The van der Waals surface area contributed by atoms with Crippen LogP contribution in [0.25, 0.3) is 0 Å². The molecule has 2 rings (SSSR count). The van der Waals surface area contributed by atoms with E-state index in [0.717, 1.165) is 5.56 Å². The smallest absolute Gasteiger partial charge is 0.326 e. The quantitative estimate of drug-likeness (QED) is 0.250. The zero-order valence-electron chi connectivity index (χ0n) is 20.6. The third kappa shape index (κ3) is 8.70. The number of aliphatic carboxylic acids is 1. The van der Waals surface area contributed by atoms with Crippen molar-refractivity contribution in [3.05, 3.63) is 65.7 Å². The van der Waals surface area contributed by atoms with E-state index in [1.54, 1.807) is 56.3 Å². The Balaban J connectivity index is 2.09. The normalized spacial score (nSPS) is 14.2. The van der Waals surface area contributed by atoms with Crippen LogP contribution in [0.3, 0.4) is 0 Å². The maximum atomic E-state index is 13.1. The first-order valence-corrected chi connectivity index (χ1v) is 11.7. The van der Waals surface area contributed by atoms with E-state index in [4.69, 9.17) is 5.73 Å². The second-order valence-electron chi connectivity index (χ2n) is 9.02. The van der Waals surface area contributed by atoms with Gasteiger partial charge in [-0.3, -0.25) is 14.4 Å². The average Bonchev–Trinajstić information content (AvgIpc) is 2.84. The zero-order chi connectivity index (χ0) is 26.8. The van der Waals surface area contributed by atoms with Gasteiger partial charge >= 0.3 is 5.97 Å². The molecule has 3 amide bonds. The lowest BCUT2D eigenvalue weighted by molar-refractivity contribution is -0.142. The van der Waals surface area contributed by atoms with Gasteiger partial charge in [0.05, 0.1) is 6.04 Å². The van der Waals surface area contributed by atoms with Crippen molar-refractivity contribution < 1.29 is 29.4 Å². The Hall–Kier alpha value is -3.92. The summed E-state index contributed by atoms with van der Waals surface area (Å²) in [5, 5.41) is 26.7. The number of hydrogen-bond acceptors (Lipinski definition) is 6. The number of carboxylic acid groups (broad SMARTS) is 1. The summed E-state index contributed by atoms with van der Waals surface area (Å²) in [7, 11) is 0. The van der Waals surface area contributed by atoms with Gasteiger partial charge in [0.25, 0.3) is 0 Å². The molecule has 2 aromatic carbocycles. The number of rotatable bonds is 12. The van der Waals surface area contributed by atoms with E-state index in [2.05, 4.69) is 16.0 Å². The summed E-state index contributed by atoms with van der Waals surface area (Å²) in [4.78, 5) is 50.0. The highest BCUT2D eigenvalue weighted by Crippen LogP contribution is 2.12. The molecule has 194 valence electrons. The van der Waals surface area contributed by atoms with Gasteiger partial charge in [0, 0.05) is 12.8 Å². The van der Waals surface area contributed by atoms with Crippen molar-refractivity contribution in [2.45, 2.75) is 57.8 Å². The molecule has 0 radical (unpaired) electrons. The molecule has 10 heteroatoms. The summed E-state index contributed by atoms with van der Waals surface area (Å²) in [6.07, 6.45) is 0.165. The van der Waals surface area contributed by atoms with Crippen molar-refractivity contribution in [3.8, 4) is 5.75 Å². The number of phenols is 1. The number of carbonyl (C=O) groups is 4. The molecule has 36 heavy (non-hydrogen) atoms. The molecule has 4 unspecified atom stereocenters. The average molecular weight is 499 g/mol. The SMILES string of the molecule is CC(NC(=O)C(Cc1ccc(O)cc1)NC(=O)C(N)C(C)C)C(=O)NC(Cc1ccccc1)C(=O)O. The van der Waals surface area contributed by atoms with E-state index >= 15 is 0 Å². The molecule has 0 saturated heterocycles. The van der Waals surface area contributed by atoms with Crippen LogP contribution in [0.2, 0.25) is 0 Å². The molecule has 0 aromatic heterocycles. The van der Waals surface area contributed by atoms with Crippen LogP contribution in [0.5, 0.6) is 5.75 Å². The molecule has 2 aromatic rings. The van der Waals surface area contributed by atoms with Gasteiger partial charge in [-0.25, -0.2) is 4.79 Å². The van der Waals surface area contributed by atoms with Gasteiger partial charge < -0.3 is 31.9 Å². The Morgan fingerprint density at radius 3 is 1.83 bits per heavy atom. The van der Waals surface area contributed by atoms with Crippen molar-refractivity contribution in [2.24, 2.45) is 11.7 Å². The molecule has 4 atom stereocenters. The maximum absolute atomic E-state index is 13.1. The molecule has 0 spiro atoms. The number of benzene rings is 2. The van der Waals surface area contributed by atoms with Gasteiger partial charge in [-0.1, -0.05) is 56.3 Å². The first-order chi connectivity index (χ1) is 17.0. The summed E-state index contributed by atoms with van der Waals surface area (Å²) in [5.41, 5.74) is 7.32. The summed E-state index contributed by atoms with van der Waals surface area (Å²) in [6, 6.07) is 10.8. The van der Waals surface area contributed by atoms with E-state index in [9.17, 15) is 29.4 Å². The minimum atomic E-state index is -1.20. The number of amides is 3. The molecule has 0 aliphatic carbocycles. The lowest BCUT2D eigenvalue weighted by atomic mass is 10.0. The number of carbonyl (C=O) groups excluding carboxylic acids is 3. The third-order valence-electron chi connectivity index (χ3n) is 5.68. The third-order valence-corrected chi connectivity index (χ3v) is 5.68. The summed E-state index contributed by atoms with van der Waals surface area (Å²) in [5.74, 6) is -3.14. The van der Waals surface area contributed by atoms with E-state index < -0.39 is 47.9 Å². The number of nitrogens with two attached hydrogens (primary N) is 1. The number of hydrogen-bond donors (Lipinski definition) is 6. The van der Waals surface area contributed by atoms with Gasteiger partial charge in [-0.05, 0) is 36.1 Å². The number of phenolic OH excluding ortho intramolecular Hbond substituents is 1. The van der Waals surface area contributed by atoms with Crippen LogP contribution in [0.15, 0.2) is 54.6 Å². The van der Waals surface area contributed by atoms with E-state index in [0.29, 0.717) is 5.56 Å². The largest absolute Gasteiger partial charge is 0.508 e. The second-order valence-corrected chi connectivity index (χ2v) is 9.02. The van der Waals surface area contributed by atoms with Gasteiger partial charge in [0.15, 0.2) is 0 Å². The zero-order valence-corrected chi connectivity index (χ0v) is 20.6. The Kier molecular flexibility index (Phi) is 10.4. The minimum absolute atomic E-state index is 0.0550. The lowest BCUT2D eigenvalue weighted by Gasteiger charge is -2.24. The summed E-state index contributed by atoms with van der Waals surface area (Å²) >= 11 is 0. The van der Waals surface area contributed by atoms with Crippen molar-refractivity contribution in [3.63, 3.8) is 0 Å². The van der Waals surface area contributed by atoms with Crippen LogP contribution in [0.1, 0.15) is 31.9 Å². The molecule has 10 nitrogen and oxygen atoms in total. The predicted octanol–water partition coefficient (Wildman–Crippen LogP) is 0.720. The standard InChI is InChI=1S/C26H34N4O6/c1-15(2)22(27)25(34)29-20(13-18-9-11-19(31)12-10-18)24(33)28-16(3)23(32)30-21(26(35)36)14-17-7-5-4-6-8-17/h4-12,15-16,20-22,31H,13-14,27H2,1-3H3,(H,28,33)(H,29,34)(H,30,32)(H,35,36). The first-order valence-electron chi connectivity index (χ1n) is 11.7. The fourth-order valence-corrected chi connectivity index (χ4v) is 3.37. The lowest BCUT2D eigenvalue weighted by Crippen LogP contribution is -2.57. The van der Waals surface area contributed by atoms with Gasteiger partial charge in [0.1, 0.15) is 23.9 Å². The molecular weight excluding hydrogens is 464 g/mol. The first kappa shape index (κ1) is 28.3. The van der Waals surface area contributed by atoms with Crippen LogP contribution in [0.4, 0.5) is 0 Å². The topological polar surface area (TPSA) is 171 Å². The highest BCUT2D eigenvalue weighted by molar-refractivity contribution is 5.94. The molecule has 0 fully saturated rings. The van der Waals surface area contributed by atoms with Crippen LogP contribution in [-0.2, 0) is 32.0 Å². The number of carboxylic acids is 1. The maximum Gasteiger partial charge on any atom is 0.326 e. The Bertz CT molecular complexity index is 1040. The molecule has 0 aliphatic rings. The molecule has 0 bridgehead atoms. The van der Waals surface area contributed by atoms with Gasteiger partial charge in [0.2, 0.25) is 17.7 Å². The van der Waals surface area contributed by atoms with E-state index in [1.807, 2.05) is 0 Å².